The Hall–Kier alpha value is -1.10. The molecule has 0 fully saturated rings. The van der Waals surface area contributed by atoms with E-state index in [0.29, 0.717) is 18.3 Å². The number of aliphatic hydroxyl groups is 1. The summed E-state index contributed by atoms with van der Waals surface area (Å²) >= 11 is 0. The third kappa shape index (κ3) is 3.20. The summed E-state index contributed by atoms with van der Waals surface area (Å²) in [5.41, 5.74) is 0. The summed E-state index contributed by atoms with van der Waals surface area (Å²) in [5, 5.41) is 13.6. The van der Waals surface area contributed by atoms with Gasteiger partial charge in [-0.05, 0) is 24.9 Å². The van der Waals surface area contributed by atoms with E-state index < -0.39 is 6.10 Å². The Morgan fingerprint density at radius 2 is 1.94 bits per heavy atom. The van der Waals surface area contributed by atoms with Crippen molar-refractivity contribution >= 4 is 5.95 Å². The monoisotopic (exact) mass is 227 g/mol. The smallest absolute Gasteiger partial charge is 0.266 e. The molecule has 0 saturated heterocycles. The van der Waals surface area contributed by atoms with E-state index in [-0.39, 0.29) is 5.92 Å². The van der Waals surface area contributed by atoms with Crippen LogP contribution in [0, 0.1) is 5.92 Å². The van der Waals surface area contributed by atoms with Crippen molar-refractivity contribution in [1.82, 2.24) is 10.1 Å². The molecule has 1 heterocycles. The number of hydrogen-bond donors (Lipinski definition) is 1. The molecule has 0 radical (unpaired) electrons. The summed E-state index contributed by atoms with van der Waals surface area (Å²) in [4.78, 5) is 6.27. The van der Waals surface area contributed by atoms with Crippen molar-refractivity contribution in [3.63, 3.8) is 0 Å². The van der Waals surface area contributed by atoms with E-state index in [4.69, 9.17) is 4.52 Å². The Morgan fingerprint density at radius 1 is 1.31 bits per heavy atom. The molecule has 5 heteroatoms. The number of hydrogen-bond acceptors (Lipinski definition) is 5. The molecule has 0 aromatic carbocycles. The first-order chi connectivity index (χ1) is 7.58. The van der Waals surface area contributed by atoms with E-state index in [1.165, 1.54) is 0 Å². The van der Waals surface area contributed by atoms with E-state index in [1.54, 1.807) is 0 Å². The van der Waals surface area contributed by atoms with Gasteiger partial charge in [-0.15, -0.1) is 0 Å². The quantitative estimate of drug-likeness (QED) is 0.797. The zero-order valence-electron chi connectivity index (χ0n) is 10.5. The van der Waals surface area contributed by atoms with Crippen LogP contribution in [0.5, 0.6) is 0 Å². The van der Waals surface area contributed by atoms with Crippen LogP contribution >= 0.6 is 0 Å². The van der Waals surface area contributed by atoms with Gasteiger partial charge in [0.15, 0.2) is 0 Å². The lowest BCUT2D eigenvalue weighted by Gasteiger charge is -2.14. The highest BCUT2D eigenvalue weighted by atomic mass is 16.5. The second kappa shape index (κ2) is 5.84. The Balaban J connectivity index is 2.64. The van der Waals surface area contributed by atoms with Crippen molar-refractivity contribution in [3.8, 4) is 0 Å². The molecule has 0 bridgehead atoms. The molecule has 1 atom stereocenters. The molecule has 1 aromatic rings. The van der Waals surface area contributed by atoms with Crippen LogP contribution in [0.2, 0.25) is 0 Å². The van der Waals surface area contributed by atoms with Gasteiger partial charge in [-0.25, -0.2) is 0 Å². The van der Waals surface area contributed by atoms with Gasteiger partial charge < -0.3 is 14.5 Å². The van der Waals surface area contributed by atoms with Gasteiger partial charge in [0, 0.05) is 13.1 Å². The molecule has 0 saturated carbocycles. The lowest BCUT2D eigenvalue weighted by molar-refractivity contribution is 0.116. The van der Waals surface area contributed by atoms with Crippen LogP contribution in [-0.2, 0) is 6.42 Å². The minimum atomic E-state index is -0.426. The van der Waals surface area contributed by atoms with Crippen LogP contribution in [0.1, 0.15) is 33.6 Å². The van der Waals surface area contributed by atoms with Gasteiger partial charge in [-0.2, -0.15) is 4.98 Å². The highest BCUT2D eigenvalue weighted by Crippen LogP contribution is 2.12. The fraction of sp³-hybridized carbons (Fsp3) is 0.818. The second-order valence-electron chi connectivity index (χ2n) is 4.18. The Morgan fingerprint density at radius 3 is 2.44 bits per heavy atom. The predicted molar refractivity (Wildman–Crippen MR) is 62.4 cm³/mol. The highest BCUT2D eigenvalue weighted by Gasteiger charge is 2.16. The number of anilines is 1. The summed E-state index contributed by atoms with van der Waals surface area (Å²) in [7, 11) is 0. The van der Waals surface area contributed by atoms with Gasteiger partial charge >= 0.3 is 0 Å². The van der Waals surface area contributed by atoms with Gasteiger partial charge in [0.1, 0.15) is 0 Å². The van der Waals surface area contributed by atoms with Crippen LogP contribution in [0.3, 0.4) is 0 Å². The van der Waals surface area contributed by atoms with Crippen LogP contribution in [-0.4, -0.2) is 34.4 Å². The fourth-order valence-corrected chi connectivity index (χ4v) is 1.38. The van der Waals surface area contributed by atoms with Crippen LogP contribution < -0.4 is 4.90 Å². The minimum absolute atomic E-state index is 0.198. The normalized spacial score (nSPS) is 13.1. The van der Waals surface area contributed by atoms with Gasteiger partial charge in [0.05, 0.1) is 12.5 Å². The fourth-order valence-electron chi connectivity index (χ4n) is 1.38. The van der Waals surface area contributed by atoms with Crippen LogP contribution in [0.25, 0.3) is 0 Å². The second-order valence-corrected chi connectivity index (χ2v) is 4.18. The Labute approximate surface area is 96.5 Å². The Kier molecular flexibility index (Phi) is 4.73. The zero-order chi connectivity index (χ0) is 12.1. The standard InChI is InChI=1S/C11H21N3O2/c1-5-14(6-2)11-12-10(16-13-11)7-9(15)8(3)4/h8-9,15H,5-7H2,1-4H3. The van der Waals surface area contributed by atoms with Gasteiger partial charge in [0.2, 0.25) is 5.89 Å². The number of rotatable bonds is 6. The summed E-state index contributed by atoms with van der Waals surface area (Å²) in [6.07, 6.45) is -0.00337. The van der Waals surface area contributed by atoms with Crippen molar-refractivity contribution in [2.45, 2.75) is 40.2 Å². The van der Waals surface area contributed by atoms with E-state index in [9.17, 15) is 5.11 Å². The average Bonchev–Trinajstić information content (AvgIpc) is 2.68. The van der Waals surface area contributed by atoms with Crippen LogP contribution in [0.15, 0.2) is 4.52 Å². The highest BCUT2D eigenvalue weighted by molar-refractivity contribution is 5.26. The van der Waals surface area contributed by atoms with Crippen molar-refractivity contribution in [1.29, 1.82) is 0 Å². The summed E-state index contributed by atoms with van der Waals surface area (Å²) in [6.45, 7) is 9.72. The van der Waals surface area contributed by atoms with Crippen molar-refractivity contribution in [2.75, 3.05) is 18.0 Å². The molecule has 5 nitrogen and oxygen atoms in total. The third-order valence-corrected chi connectivity index (χ3v) is 2.66. The summed E-state index contributed by atoms with van der Waals surface area (Å²) in [6, 6.07) is 0. The van der Waals surface area contributed by atoms with E-state index in [1.807, 2.05) is 32.6 Å². The lowest BCUT2D eigenvalue weighted by atomic mass is 10.0. The van der Waals surface area contributed by atoms with Crippen molar-refractivity contribution in [2.24, 2.45) is 5.92 Å². The summed E-state index contributed by atoms with van der Waals surface area (Å²) in [5.74, 6) is 1.31. The molecular formula is C11H21N3O2. The van der Waals surface area contributed by atoms with Gasteiger partial charge in [-0.3, -0.25) is 0 Å². The number of aromatic nitrogens is 2. The molecule has 0 aliphatic heterocycles. The average molecular weight is 227 g/mol. The van der Waals surface area contributed by atoms with E-state index in [0.717, 1.165) is 13.1 Å². The molecule has 0 aliphatic carbocycles. The third-order valence-electron chi connectivity index (χ3n) is 2.66. The number of aliphatic hydroxyl groups excluding tert-OH is 1. The van der Waals surface area contributed by atoms with Crippen molar-refractivity contribution < 1.29 is 9.63 Å². The molecule has 16 heavy (non-hydrogen) atoms. The zero-order valence-corrected chi connectivity index (χ0v) is 10.5. The predicted octanol–water partition coefficient (Wildman–Crippen LogP) is 1.48. The molecule has 0 amide bonds. The lowest BCUT2D eigenvalue weighted by Crippen LogP contribution is -2.23. The molecule has 1 rings (SSSR count). The topological polar surface area (TPSA) is 62.4 Å². The van der Waals surface area contributed by atoms with Gasteiger partial charge in [-0.1, -0.05) is 13.8 Å². The minimum Gasteiger partial charge on any atom is -0.392 e. The molecular weight excluding hydrogens is 206 g/mol. The Bertz CT molecular complexity index is 308. The molecule has 1 N–H and O–H groups in total. The first-order valence-corrected chi connectivity index (χ1v) is 5.84. The molecule has 1 unspecified atom stereocenters. The first-order valence-electron chi connectivity index (χ1n) is 5.84. The first kappa shape index (κ1) is 13.0. The van der Waals surface area contributed by atoms with Crippen LogP contribution in [0.4, 0.5) is 5.95 Å². The summed E-state index contributed by atoms with van der Waals surface area (Å²) < 4.78 is 5.11. The van der Waals surface area contributed by atoms with Crippen molar-refractivity contribution in [3.05, 3.63) is 5.89 Å². The van der Waals surface area contributed by atoms with E-state index in [2.05, 4.69) is 10.1 Å². The molecule has 0 aliphatic rings. The maximum absolute atomic E-state index is 9.70. The number of nitrogens with zero attached hydrogens (tertiary/aromatic N) is 3. The maximum Gasteiger partial charge on any atom is 0.266 e. The SMILES string of the molecule is CCN(CC)c1noc(CC(O)C(C)C)n1. The molecule has 0 spiro atoms. The molecule has 1 aromatic heterocycles. The maximum atomic E-state index is 9.70. The molecule has 92 valence electrons. The van der Waals surface area contributed by atoms with Gasteiger partial charge in [0.25, 0.3) is 5.95 Å². The largest absolute Gasteiger partial charge is 0.392 e. The van der Waals surface area contributed by atoms with E-state index >= 15 is 0 Å².